The lowest BCUT2D eigenvalue weighted by atomic mass is 9.65. The van der Waals surface area contributed by atoms with Gasteiger partial charge < -0.3 is 4.89 Å². The highest BCUT2D eigenvalue weighted by Crippen LogP contribution is 2.51. The summed E-state index contributed by atoms with van der Waals surface area (Å²) >= 11 is 0. The topological polar surface area (TPSA) is 55.8 Å². The molecule has 26 heavy (non-hydrogen) atoms. The number of rotatable bonds is 7. The molecule has 1 unspecified atom stereocenters. The van der Waals surface area contributed by atoms with Crippen LogP contribution in [0.1, 0.15) is 36.8 Å². The highest BCUT2D eigenvalue weighted by Gasteiger charge is 2.40. The third-order valence-electron chi connectivity index (χ3n) is 5.08. The van der Waals surface area contributed by atoms with E-state index in [1.807, 2.05) is 12.1 Å². The molecule has 0 aliphatic heterocycles. The zero-order valence-corrected chi connectivity index (χ0v) is 15.7. The van der Waals surface area contributed by atoms with Crippen LogP contribution in [0, 0.1) is 0 Å². The van der Waals surface area contributed by atoms with Crippen molar-refractivity contribution in [2.24, 2.45) is 0 Å². The lowest BCUT2D eigenvalue weighted by Gasteiger charge is -2.41. The first kappa shape index (κ1) is 19.1. The molecule has 0 bridgehead atoms. The second-order valence-corrected chi connectivity index (χ2v) is 8.08. The maximum absolute atomic E-state index is 12.0. The average molecular weight is 372 g/mol. The Morgan fingerprint density at radius 3 is 2.00 bits per heavy atom. The second-order valence-electron chi connectivity index (χ2n) is 6.67. The van der Waals surface area contributed by atoms with Gasteiger partial charge in [-0.25, -0.2) is 4.57 Å². The van der Waals surface area contributed by atoms with Crippen LogP contribution in [0.4, 0.5) is 0 Å². The first-order chi connectivity index (χ1) is 12.6. The van der Waals surface area contributed by atoms with Gasteiger partial charge in [-0.1, -0.05) is 66.7 Å². The summed E-state index contributed by atoms with van der Waals surface area (Å²) in [6.07, 6.45) is 4.26. The van der Waals surface area contributed by atoms with Gasteiger partial charge in [-0.2, -0.15) is 0 Å². The molecule has 1 fully saturated rings. The van der Waals surface area contributed by atoms with Crippen molar-refractivity contribution in [3.8, 4) is 0 Å². The Balaban J connectivity index is 1.78. The smallest absolute Gasteiger partial charge is 0.302 e. The summed E-state index contributed by atoms with van der Waals surface area (Å²) < 4.78 is 22.3. The fourth-order valence-electron chi connectivity index (χ4n) is 3.81. The third kappa shape index (κ3) is 4.33. The predicted octanol–water partition coefficient (Wildman–Crippen LogP) is 5.23. The minimum Gasteiger partial charge on any atom is -0.302 e. The zero-order valence-electron chi connectivity index (χ0n) is 14.8. The van der Waals surface area contributed by atoms with Gasteiger partial charge in [0.1, 0.15) is 0 Å². The number of phosphoric acid groups is 1. The fourth-order valence-corrected chi connectivity index (χ4v) is 4.76. The van der Waals surface area contributed by atoms with Crippen LogP contribution in [0.25, 0.3) is 0 Å². The van der Waals surface area contributed by atoms with Crippen molar-refractivity contribution in [2.75, 3.05) is 6.61 Å². The number of phosphoric ester groups is 1. The van der Waals surface area contributed by atoms with E-state index in [2.05, 4.69) is 55.1 Å². The summed E-state index contributed by atoms with van der Waals surface area (Å²) in [6, 6.07) is 21.0. The quantitative estimate of drug-likeness (QED) is 0.534. The number of hydrogen-bond donors (Lipinski definition) is 1. The van der Waals surface area contributed by atoms with Crippen LogP contribution in [0.5, 0.6) is 0 Å². The Bertz CT molecular complexity index is 711. The Morgan fingerprint density at radius 1 is 1.04 bits per heavy atom. The van der Waals surface area contributed by atoms with E-state index in [0.29, 0.717) is 12.8 Å². The van der Waals surface area contributed by atoms with E-state index in [-0.39, 0.29) is 18.1 Å². The van der Waals surface area contributed by atoms with Crippen molar-refractivity contribution in [2.45, 2.75) is 37.2 Å². The molecule has 0 amide bonds. The van der Waals surface area contributed by atoms with Gasteiger partial charge in [0.05, 0.1) is 12.7 Å². The summed E-state index contributed by atoms with van der Waals surface area (Å²) in [7, 11) is -4.03. The molecule has 2 aromatic carbocycles. The van der Waals surface area contributed by atoms with Crippen LogP contribution < -0.4 is 0 Å². The van der Waals surface area contributed by atoms with Crippen LogP contribution >= 0.6 is 7.82 Å². The van der Waals surface area contributed by atoms with Gasteiger partial charge in [0.15, 0.2) is 0 Å². The Labute approximate surface area is 155 Å². The van der Waals surface area contributed by atoms with Crippen molar-refractivity contribution in [1.82, 2.24) is 0 Å². The summed E-state index contributed by atoms with van der Waals surface area (Å²) in [5, 5.41) is 0. The molecule has 1 aliphatic rings. The molecule has 4 nitrogen and oxygen atoms in total. The van der Waals surface area contributed by atoms with Crippen LogP contribution in [0.3, 0.4) is 0 Å². The summed E-state index contributed by atoms with van der Waals surface area (Å²) in [5.41, 5.74) is 2.46. The van der Waals surface area contributed by atoms with Crippen LogP contribution in [-0.2, 0) is 19.0 Å². The van der Waals surface area contributed by atoms with E-state index in [9.17, 15) is 9.46 Å². The average Bonchev–Trinajstić information content (AvgIpc) is 2.68. The SMILES string of the molecule is C=CCOP(=O)(O)OC1CCC(c2ccccc2)(c2ccccc2)CC1. The zero-order chi connectivity index (χ0) is 18.5. The lowest BCUT2D eigenvalue weighted by molar-refractivity contribution is 0.0746. The number of hydrogen-bond acceptors (Lipinski definition) is 3. The van der Waals surface area contributed by atoms with Crippen LogP contribution in [-0.4, -0.2) is 17.6 Å². The van der Waals surface area contributed by atoms with E-state index in [1.54, 1.807) is 0 Å². The van der Waals surface area contributed by atoms with Gasteiger partial charge in [-0.3, -0.25) is 9.05 Å². The maximum Gasteiger partial charge on any atom is 0.472 e. The molecule has 1 aliphatic carbocycles. The molecule has 1 saturated carbocycles. The van der Waals surface area contributed by atoms with E-state index in [1.165, 1.54) is 17.2 Å². The second kappa shape index (κ2) is 8.32. The minimum absolute atomic E-state index is 0.00152. The van der Waals surface area contributed by atoms with Gasteiger partial charge in [0.25, 0.3) is 0 Å². The van der Waals surface area contributed by atoms with Gasteiger partial charge in [0, 0.05) is 5.41 Å². The van der Waals surface area contributed by atoms with Crippen molar-refractivity contribution in [3.63, 3.8) is 0 Å². The standard InChI is InChI=1S/C21H25O4P/c1-2-17-24-26(22,23)25-20-13-15-21(16-14-20,18-9-5-3-6-10-18)19-11-7-4-8-12-19/h2-12,20H,1,13-17H2,(H,22,23). The van der Waals surface area contributed by atoms with Crippen LogP contribution in [0.2, 0.25) is 0 Å². The van der Waals surface area contributed by atoms with Crippen molar-refractivity contribution in [3.05, 3.63) is 84.4 Å². The van der Waals surface area contributed by atoms with Gasteiger partial charge in [-0.05, 0) is 36.8 Å². The Hall–Kier alpha value is -1.71. The molecule has 138 valence electrons. The van der Waals surface area contributed by atoms with Crippen LogP contribution in [0.15, 0.2) is 73.3 Å². The molecule has 1 N–H and O–H groups in total. The molecule has 0 spiro atoms. The normalized spacial score (nSPS) is 19.6. The van der Waals surface area contributed by atoms with E-state index in [0.717, 1.165) is 12.8 Å². The van der Waals surface area contributed by atoms with Crippen molar-refractivity contribution >= 4 is 7.82 Å². The van der Waals surface area contributed by atoms with Gasteiger partial charge in [0.2, 0.25) is 0 Å². The molecule has 0 aromatic heterocycles. The predicted molar refractivity (Wildman–Crippen MR) is 103 cm³/mol. The largest absolute Gasteiger partial charge is 0.472 e. The third-order valence-corrected chi connectivity index (χ3v) is 6.12. The van der Waals surface area contributed by atoms with Crippen molar-refractivity contribution in [1.29, 1.82) is 0 Å². The highest BCUT2D eigenvalue weighted by atomic mass is 31.2. The molecular weight excluding hydrogens is 347 g/mol. The maximum atomic E-state index is 12.0. The van der Waals surface area contributed by atoms with E-state index < -0.39 is 7.82 Å². The molecule has 1 atom stereocenters. The summed E-state index contributed by atoms with van der Waals surface area (Å²) in [4.78, 5) is 9.83. The lowest BCUT2D eigenvalue weighted by Crippen LogP contribution is -2.35. The Morgan fingerprint density at radius 2 is 1.54 bits per heavy atom. The molecule has 0 heterocycles. The molecule has 3 rings (SSSR count). The summed E-state index contributed by atoms with van der Waals surface area (Å²) in [5.74, 6) is 0. The Kier molecular flexibility index (Phi) is 6.10. The molecule has 0 radical (unpaired) electrons. The summed E-state index contributed by atoms with van der Waals surface area (Å²) in [6.45, 7) is 3.48. The highest BCUT2D eigenvalue weighted by molar-refractivity contribution is 7.47. The van der Waals surface area contributed by atoms with E-state index in [4.69, 9.17) is 9.05 Å². The van der Waals surface area contributed by atoms with Gasteiger partial charge >= 0.3 is 7.82 Å². The van der Waals surface area contributed by atoms with Crippen molar-refractivity contribution < 1.29 is 18.5 Å². The van der Waals surface area contributed by atoms with E-state index >= 15 is 0 Å². The molecular formula is C21H25O4P. The first-order valence-corrected chi connectivity index (χ1v) is 10.4. The minimum atomic E-state index is -4.03. The van der Waals surface area contributed by atoms with Gasteiger partial charge in [-0.15, -0.1) is 6.58 Å². The molecule has 0 saturated heterocycles. The molecule has 5 heteroatoms. The molecule has 2 aromatic rings. The number of benzene rings is 2. The monoisotopic (exact) mass is 372 g/mol. The fraction of sp³-hybridized carbons (Fsp3) is 0.333. The first-order valence-electron chi connectivity index (χ1n) is 8.93.